The first kappa shape index (κ1) is 15.5. The third-order valence-corrected chi connectivity index (χ3v) is 5.49. The maximum Gasteiger partial charge on any atom is 0.226 e. The van der Waals surface area contributed by atoms with Gasteiger partial charge in [-0.1, -0.05) is 43.2 Å². The summed E-state index contributed by atoms with van der Waals surface area (Å²) in [6, 6.07) is 14.3. The lowest BCUT2D eigenvalue weighted by Crippen LogP contribution is -2.45. The van der Waals surface area contributed by atoms with Crippen LogP contribution in [-0.2, 0) is 11.3 Å². The minimum absolute atomic E-state index is 0.0625. The molecule has 4 rings (SSSR count). The van der Waals surface area contributed by atoms with Crippen molar-refractivity contribution in [3.63, 3.8) is 0 Å². The molecule has 1 amide bonds. The van der Waals surface area contributed by atoms with Crippen molar-refractivity contribution in [3.05, 3.63) is 59.9 Å². The number of aliphatic hydroxyl groups is 1. The predicted octanol–water partition coefficient (Wildman–Crippen LogP) is 3.11. The molecule has 1 N–H and O–H groups in total. The van der Waals surface area contributed by atoms with Crippen molar-refractivity contribution in [1.82, 2.24) is 9.47 Å². The van der Waals surface area contributed by atoms with Crippen LogP contribution >= 0.6 is 0 Å². The molecule has 0 bridgehead atoms. The number of hydrogen-bond donors (Lipinski definition) is 1. The maximum atomic E-state index is 13.0. The highest BCUT2D eigenvalue weighted by atomic mass is 16.3. The Morgan fingerprint density at radius 1 is 1.08 bits per heavy atom. The molecule has 24 heavy (non-hydrogen) atoms. The molecule has 2 heterocycles. The van der Waals surface area contributed by atoms with Crippen molar-refractivity contribution < 1.29 is 9.90 Å². The molecule has 0 radical (unpaired) electrons. The SMILES string of the molecule is O=C(CC1(O)CCCC1)N1CCn2cccc2C1c1ccccc1. The lowest BCUT2D eigenvalue weighted by atomic mass is 9.94. The van der Waals surface area contributed by atoms with E-state index in [9.17, 15) is 9.90 Å². The van der Waals surface area contributed by atoms with Gasteiger partial charge in [0.25, 0.3) is 0 Å². The van der Waals surface area contributed by atoms with Crippen LogP contribution in [0.25, 0.3) is 0 Å². The van der Waals surface area contributed by atoms with Crippen LogP contribution in [0.5, 0.6) is 0 Å². The smallest absolute Gasteiger partial charge is 0.226 e. The number of benzene rings is 1. The highest BCUT2D eigenvalue weighted by Gasteiger charge is 2.38. The molecule has 2 aliphatic rings. The van der Waals surface area contributed by atoms with Crippen molar-refractivity contribution in [2.45, 2.75) is 50.3 Å². The minimum atomic E-state index is -0.794. The van der Waals surface area contributed by atoms with Crippen LogP contribution < -0.4 is 0 Å². The molecule has 1 unspecified atom stereocenters. The Hall–Kier alpha value is -2.07. The summed E-state index contributed by atoms with van der Waals surface area (Å²) in [5.41, 5.74) is 1.49. The fraction of sp³-hybridized carbons (Fsp3) is 0.450. The van der Waals surface area contributed by atoms with E-state index in [4.69, 9.17) is 0 Å². The van der Waals surface area contributed by atoms with E-state index >= 15 is 0 Å². The predicted molar refractivity (Wildman–Crippen MR) is 92.5 cm³/mol. The van der Waals surface area contributed by atoms with Gasteiger partial charge in [-0.3, -0.25) is 4.79 Å². The zero-order valence-corrected chi connectivity index (χ0v) is 13.9. The number of amides is 1. The Morgan fingerprint density at radius 2 is 1.83 bits per heavy atom. The first-order chi connectivity index (χ1) is 11.7. The second kappa shape index (κ2) is 6.10. The molecule has 4 heteroatoms. The van der Waals surface area contributed by atoms with Crippen molar-refractivity contribution in [1.29, 1.82) is 0 Å². The fourth-order valence-electron chi connectivity index (χ4n) is 4.23. The van der Waals surface area contributed by atoms with Crippen LogP contribution in [0, 0.1) is 0 Å². The van der Waals surface area contributed by atoms with Gasteiger partial charge in [0.2, 0.25) is 5.91 Å². The molecule has 4 nitrogen and oxygen atoms in total. The van der Waals surface area contributed by atoms with Crippen molar-refractivity contribution in [2.24, 2.45) is 0 Å². The number of nitrogens with zero attached hydrogens (tertiary/aromatic N) is 2. The summed E-state index contributed by atoms with van der Waals surface area (Å²) in [7, 11) is 0. The summed E-state index contributed by atoms with van der Waals surface area (Å²) in [6.45, 7) is 1.51. The Bertz CT molecular complexity index is 716. The molecule has 1 aliphatic carbocycles. The summed E-state index contributed by atoms with van der Waals surface area (Å²) >= 11 is 0. The molecule has 1 atom stereocenters. The summed E-state index contributed by atoms with van der Waals surface area (Å²) in [5.74, 6) is 0.0701. The van der Waals surface area contributed by atoms with E-state index in [1.54, 1.807) is 0 Å². The Morgan fingerprint density at radius 3 is 2.58 bits per heavy atom. The van der Waals surface area contributed by atoms with Crippen LogP contribution in [0.15, 0.2) is 48.7 Å². The monoisotopic (exact) mass is 324 g/mol. The number of hydrogen-bond acceptors (Lipinski definition) is 2. The van der Waals surface area contributed by atoms with E-state index in [0.29, 0.717) is 6.54 Å². The normalized spacial score (nSPS) is 22.4. The molecule has 126 valence electrons. The minimum Gasteiger partial charge on any atom is -0.389 e. The number of carbonyl (C=O) groups is 1. The topological polar surface area (TPSA) is 45.5 Å². The molecular weight excluding hydrogens is 300 g/mol. The molecule has 2 aromatic rings. The number of fused-ring (bicyclic) bond motifs is 1. The maximum absolute atomic E-state index is 13.0. The van der Waals surface area contributed by atoms with Gasteiger partial charge in [-0.25, -0.2) is 0 Å². The van der Waals surface area contributed by atoms with Gasteiger partial charge in [0.1, 0.15) is 0 Å². The van der Waals surface area contributed by atoms with Gasteiger partial charge in [0, 0.05) is 25.0 Å². The lowest BCUT2D eigenvalue weighted by molar-refractivity contribution is -0.139. The second-order valence-electron chi connectivity index (χ2n) is 7.14. The Kier molecular flexibility index (Phi) is 3.93. The summed E-state index contributed by atoms with van der Waals surface area (Å²) in [4.78, 5) is 15.0. The highest BCUT2D eigenvalue weighted by molar-refractivity contribution is 5.78. The van der Waals surface area contributed by atoms with Gasteiger partial charge in [0.05, 0.1) is 18.1 Å². The number of rotatable bonds is 3. The van der Waals surface area contributed by atoms with Crippen molar-refractivity contribution in [3.8, 4) is 0 Å². The lowest BCUT2D eigenvalue weighted by Gasteiger charge is -2.38. The molecule has 1 aromatic heterocycles. The number of aromatic nitrogens is 1. The average Bonchev–Trinajstić information content (AvgIpc) is 3.23. The van der Waals surface area contributed by atoms with Crippen molar-refractivity contribution in [2.75, 3.05) is 6.54 Å². The highest BCUT2D eigenvalue weighted by Crippen LogP contribution is 2.36. The van der Waals surface area contributed by atoms with E-state index in [1.165, 1.54) is 0 Å². The average molecular weight is 324 g/mol. The summed E-state index contributed by atoms with van der Waals surface area (Å²) in [5, 5.41) is 10.7. The van der Waals surface area contributed by atoms with E-state index in [2.05, 4.69) is 29.0 Å². The van der Waals surface area contributed by atoms with Gasteiger partial charge >= 0.3 is 0 Å². The van der Waals surface area contributed by atoms with Gasteiger partial charge < -0.3 is 14.6 Å². The molecule has 0 saturated heterocycles. The van der Waals surface area contributed by atoms with Gasteiger partial charge in [0.15, 0.2) is 0 Å². The first-order valence-corrected chi connectivity index (χ1v) is 8.88. The molecule has 1 aliphatic heterocycles. The second-order valence-corrected chi connectivity index (χ2v) is 7.14. The zero-order chi connectivity index (χ0) is 16.6. The van der Waals surface area contributed by atoms with Gasteiger partial charge in [-0.05, 0) is 30.5 Å². The van der Waals surface area contributed by atoms with Gasteiger partial charge in [-0.2, -0.15) is 0 Å². The van der Waals surface area contributed by atoms with Gasteiger partial charge in [-0.15, -0.1) is 0 Å². The van der Waals surface area contributed by atoms with Crippen LogP contribution in [0.3, 0.4) is 0 Å². The molecule has 1 aromatic carbocycles. The third-order valence-electron chi connectivity index (χ3n) is 5.49. The standard InChI is InChI=1S/C20H24N2O2/c23-18(15-20(24)10-4-5-11-20)22-14-13-21-12-6-9-17(21)19(22)16-7-2-1-3-8-16/h1-3,6-9,12,19,24H,4-5,10-11,13-15H2. The van der Waals surface area contributed by atoms with Crippen molar-refractivity contribution >= 4 is 5.91 Å². The largest absolute Gasteiger partial charge is 0.389 e. The summed E-state index contributed by atoms with van der Waals surface area (Å²) < 4.78 is 2.23. The van der Waals surface area contributed by atoms with E-state index < -0.39 is 5.60 Å². The molecular formula is C20H24N2O2. The zero-order valence-electron chi connectivity index (χ0n) is 13.9. The quantitative estimate of drug-likeness (QED) is 0.943. The van der Waals surface area contributed by atoms with Crippen LogP contribution in [0.4, 0.5) is 0 Å². The van der Waals surface area contributed by atoms with Crippen LogP contribution in [0.1, 0.15) is 49.4 Å². The fourth-order valence-corrected chi connectivity index (χ4v) is 4.23. The first-order valence-electron chi connectivity index (χ1n) is 8.88. The van der Waals surface area contributed by atoms with Crippen LogP contribution in [0.2, 0.25) is 0 Å². The molecule has 0 spiro atoms. The van der Waals surface area contributed by atoms with E-state index in [-0.39, 0.29) is 18.4 Å². The van der Waals surface area contributed by atoms with Crippen LogP contribution in [-0.4, -0.2) is 32.6 Å². The Labute approximate surface area is 142 Å². The third kappa shape index (κ3) is 2.75. The number of carbonyl (C=O) groups excluding carboxylic acids is 1. The molecule has 1 fully saturated rings. The van der Waals surface area contributed by atoms with E-state index in [0.717, 1.165) is 43.5 Å². The summed E-state index contributed by atoms with van der Waals surface area (Å²) in [6.07, 6.45) is 5.87. The Balaban J connectivity index is 1.65. The van der Waals surface area contributed by atoms with E-state index in [1.807, 2.05) is 29.2 Å². The molecule has 1 saturated carbocycles.